The number of thioether (sulfide) groups is 1. The quantitative estimate of drug-likeness (QED) is 0.286. The minimum atomic E-state index is 0.554. The third kappa shape index (κ3) is 5.91. The second kappa shape index (κ2) is 14.5. The number of hydrogen-bond donors (Lipinski definition) is 0. The van der Waals surface area contributed by atoms with E-state index in [1.807, 2.05) is 0 Å². The molecule has 0 aromatic heterocycles. The van der Waals surface area contributed by atoms with Crippen LogP contribution in [0.3, 0.4) is 0 Å². The summed E-state index contributed by atoms with van der Waals surface area (Å²) in [6.07, 6.45) is 42.5. The van der Waals surface area contributed by atoms with Gasteiger partial charge in [0.2, 0.25) is 0 Å². The lowest BCUT2D eigenvalue weighted by atomic mass is 9.62. The zero-order chi connectivity index (χ0) is 34.6. The molecule has 5 heteroatoms. The van der Waals surface area contributed by atoms with E-state index >= 15 is 0 Å². The van der Waals surface area contributed by atoms with Crippen molar-refractivity contribution in [1.82, 2.24) is 4.90 Å². The highest BCUT2D eigenvalue weighted by Crippen LogP contribution is 2.64. The molecule has 0 aromatic carbocycles. The summed E-state index contributed by atoms with van der Waals surface area (Å²) in [6, 6.07) is 2.33. The van der Waals surface area contributed by atoms with Gasteiger partial charge in [-0.3, -0.25) is 4.90 Å². The van der Waals surface area contributed by atoms with Crippen LogP contribution in [-0.2, 0) is 14.2 Å². The number of rotatable bonds is 4. The van der Waals surface area contributed by atoms with Gasteiger partial charge in [-0.05, 0) is 176 Å². The molecule has 0 spiro atoms. The van der Waals surface area contributed by atoms with Crippen molar-refractivity contribution >= 4 is 11.8 Å². The molecule has 53 heavy (non-hydrogen) atoms. The van der Waals surface area contributed by atoms with Crippen molar-refractivity contribution in [2.75, 3.05) is 0 Å². The van der Waals surface area contributed by atoms with Crippen LogP contribution in [0.2, 0.25) is 0 Å². The van der Waals surface area contributed by atoms with Crippen LogP contribution < -0.4 is 0 Å². The van der Waals surface area contributed by atoms with E-state index in [1.54, 1.807) is 12.8 Å². The molecule has 19 unspecified atom stereocenters. The van der Waals surface area contributed by atoms with E-state index in [2.05, 4.69) is 16.7 Å². The van der Waals surface area contributed by atoms with Crippen LogP contribution in [0.4, 0.5) is 0 Å². The van der Waals surface area contributed by atoms with Crippen molar-refractivity contribution in [3.8, 4) is 0 Å². The Hall–Kier alpha value is 0.190. The minimum Gasteiger partial charge on any atom is -0.374 e. The highest BCUT2D eigenvalue weighted by atomic mass is 32.2. The highest BCUT2D eigenvalue weighted by Gasteiger charge is 2.60. The number of ether oxygens (including phenoxy) is 3. The van der Waals surface area contributed by atoms with Gasteiger partial charge in [0, 0.05) is 40.5 Å². The van der Waals surface area contributed by atoms with E-state index in [9.17, 15) is 0 Å². The Labute approximate surface area is 327 Å². The van der Waals surface area contributed by atoms with Gasteiger partial charge in [0.1, 0.15) is 0 Å². The van der Waals surface area contributed by atoms with Gasteiger partial charge in [0.15, 0.2) is 0 Å². The molecular formula is C48H75NO3S. The largest absolute Gasteiger partial charge is 0.374 e. The van der Waals surface area contributed by atoms with Crippen LogP contribution in [-0.4, -0.2) is 70.1 Å². The molecule has 4 nitrogen and oxygen atoms in total. The van der Waals surface area contributed by atoms with Crippen molar-refractivity contribution in [3.05, 3.63) is 0 Å². The second-order valence-corrected chi connectivity index (χ2v) is 23.2. The molecule has 0 aromatic rings. The van der Waals surface area contributed by atoms with E-state index in [4.69, 9.17) is 14.2 Å². The summed E-state index contributed by atoms with van der Waals surface area (Å²) in [4.78, 5) is 3.33. The van der Waals surface area contributed by atoms with Crippen LogP contribution in [0, 0.1) is 59.2 Å². The van der Waals surface area contributed by atoms with Crippen LogP contribution in [0.5, 0.6) is 0 Å². The number of hydrogen-bond acceptors (Lipinski definition) is 5. The molecule has 8 saturated carbocycles. The van der Waals surface area contributed by atoms with Gasteiger partial charge >= 0.3 is 0 Å². The van der Waals surface area contributed by atoms with Gasteiger partial charge in [-0.15, -0.1) is 0 Å². The lowest BCUT2D eigenvalue weighted by Crippen LogP contribution is -2.58. The molecule has 0 N–H and O–H groups in total. The Morgan fingerprint density at radius 2 is 0.868 bits per heavy atom. The van der Waals surface area contributed by atoms with Crippen LogP contribution in [0.25, 0.3) is 0 Å². The Morgan fingerprint density at radius 1 is 0.340 bits per heavy atom. The van der Waals surface area contributed by atoms with E-state index < -0.39 is 0 Å². The van der Waals surface area contributed by atoms with Crippen LogP contribution in [0.1, 0.15) is 173 Å². The maximum Gasteiger partial charge on any atom is 0.0625 e. The summed E-state index contributed by atoms with van der Waals surface area (Å²) in [5.41, 5.74) is 0. The smallest absolute Gasteiger partial charge is 0.0625 e. The third-order valence-corrected chi connectivity index (χ3v) is 21.9. The normalized spacial score (nSPS) is 57.3. The van der Waals surface area contributed by atoms with Gasteiger partial charge in [-0.25, -0.2) is 0 Å². The van der Waals surface area contributed by atoms with Crippen molar-refractivity contribution in [2.45, 2.75) is 239 Å². The molecule has 296 valence electrons. The van der Waals surface area contributed by atoms with Gasteiger partial charge < -0.3 is 14.2 Å². The molecule has 0 radical (unpaired) electrons. The molecular weight excluding hydrogens is 671 g/mol. The first-order valence-electron chi connectivity index (χ1n) is 24.7. The summed E-state index contributed by atoms with van der Waals surface area (Å²) in [7, 11) is 0. The first-order chi connectivity index (χ1) is 26.3. The Balaban J connectivity index is 0.778. The molecule has 8 aliphatic carbocycles. The van der Waals surface area contributed by atoms with Crippen LogP contribution in [0.15, 0.2) is 0 Å². The van der Waals surface area contributed by atoms with E-state index in [1.165, 1.54) is 161 Å². The predicted octanol–water partition coefficient (Wildman–Crippen LogP) is 11.0. The Kier molecular flexibility index (Phi) is 9.61. The first kappa shape index (κ1) is 35.2. The maximum atomic E-state index is 7.07. The Bertz CT molecular complexity index is 1300. The van der Waals surface area contributed by atoms with Gasteiger partial charge in [-0.1, -0.05) is 44.9 Å². The monoisotopic (exact) mass is 746 g/mol. The average molecular weight is 746 g/mol. The van der Waals surface area contributed by atoms with Gasteiger partial charge in [0.05, 0.1) is 36.6 Å². The molecule has 4 heterocycles. The standard InChI is InChI=1S/C48H75NO3S/c1-4-15-39-32(9-1)33-24-23-30(27-44(33)52-39)49(38-14-8-18-42-45(38)36-10-2-5-16-40(36)50-42)29-21-19-28(20-22-29)31-12-7-13-34-35-25-26-43-46(48(35)53-47(31)34)37-11-3-6-17-41(37)51-43/h28-48H,1-27H2. The summed E-state index contributed by atoms with van der Waals surface area (Å²) in [6.45, 7) is 0. The zero-order valence-electron chi connectivity index (χ0n) is 33.3. The van der Waals surface area contributed by atoms with E-state index in [0.717, 1.165) is 87.8 Å². The lowest BCUT2D eigenvalue weighted by Gasteiger charge is -2.53. The van der Waals surface area contributed by atoms with Crippen molar-refractivity contribution in [1.29, 1.82) is 0 Å². The number of fused-ring (bicyclic) bond motifs is 13. The van der Waals surface area contributed by atoms with E-state index in [0.29, 0.717) is 36.6 Å². The summed E-state index contributed by atoms with van der Waals surface area (Å²) in [5.74, 6) is 9.22. The first-order valence-corrected chi connectivity index (χ1v) is 25.6. The van der Waals surface area contributed by atoms with Crippen molar-refractivity contribution < 1.29 is 14.2 Å². The SMILES string of the molecule is C1CCC2C(C1)OC1CC(N(C3CCC(C4CCCC5C6CCC7OC8CCCCC8C7C6SC45)CC3)C3CCCC4OC5CCCCC5C43)CCC12. The summed E-state index contributed by atoms with van der Waals surface area (Å²) < 4.78 is 21.0. The topological polar surface area (TPSA) is 30.9 Å². The fourth-order valence-corrected chi connectivity index (χ4v) is 20.6. The fraction of sp³-hybridized carbons (Fsp3) is 1.00. The van der Waals surface area contributed by atoms with Crippen molar-refractivity contribution in [2.24, 2.45) is 59.2 Å². The molecule has 4 saturated heterocycles. The van der Waals surface area contributed by atoms with E-state index in [-0.39, 0.29) is 0 Å². The zero-order valence-corrected chi connectivity index (χ0v) is 34.1. The molecule has 0 bridgehead atoms. The summed E-state index contributed by atoms with van der Waals surface area (Å²) in [5, 5.41) is 1.90. The maximum absolute atomic E-state index is 7.07. The van der Waals surface area contributed by atoms with Crippen LogP contribution >= 0.6 is 11.8 Å². The minimum absolute atomic E-state index is 0.554. The second-order valence-electron chi connectivity index (χ2n) is 21.8. The fourth-order valence-electron chi connectivity index (χ4n) is 18.0. The lowest BCUT2D eigenvalue weighted by molar-refractivity contribution is -0.0705. The van der Waals surface area contributed by atoms with Gasteiger partial charge in [0.25, 0.3) is 0 Å². The molecule has 12 aliphatic rings. The van der Waals surface area contributed by atoms with Crippen molar-refractivity contribution in [3.63, 3.8) is 0 Å². The molecule has 19 atom stereocenters. The third-order valence-electron chi connectivity index (χ3n) is 19.9. The Morgan fingerprint density at radius 3 is 1.66 bits per heavy atom. The van der Waals surface area contributed by atoms with Gasteiger partial charge in [-0.2, -0.15) is 11.8 Å². The predicted molar refractivity (Wildman–Crippen MR) is 214 cm³/mol. The molecule has 12 fully saturated rings. The molecule has 12 rings (SSSR count). The molecule has 0 amide bonds. The number of nitrogens with zero attached hydrogens (tertiary/aromatic N) is 1. The molecule has 4 aliphatic heterocycles. The average Bonchev–Trinajstić information content (AvgIpc) is 3.98. The highest BCUT2D eigenvalue weighted by molar-refractivity contribution is 8.00. The summed E-state index contributed by atoms with van der Waals surface area (Å²) >= 11 is 2.58.